The topological polar surface area (TPSA) is 27.7 Å². The molecule has 0 saturated heterocycles. The average molecular weight is 317 g/mol. The van der Waals surface area contributed by atoms with Crippen molar-refractivity contribution >= 4 is 0 Å². The molecule has 0 aromatic rings. The van der Waals surface area contributed by atoms with E-state index in [2.05, 4.69) is 6.92 Å². The van der Waals surface area contributed by atoms with E-state index >= 15 is 0 Å². The van der Waals surface area contributed by atoms with Crippen LogP contribution in [0.1, 0.15) is 96.8 Å². The fourth-order valence-electron chi connectivity index (χ4n) is 2.92. The van der Waals surface area contributed by atoms with Crippen LogP contribution in [0.3, 0.4) is 0 Å². The quantitative estimate of drug-likeness (QED) is 0.241. The average Bonchev–Trinajstić information content (AvgIpc) is 2.56. The first kappa shape index (κ1) is 21.9. The van der Waals surface area contributed by atoms with Gasteiger partial charge < -0.3 is 14.2 Å². The highest BCUT2D eigenvalue weighted by molar-refractivity contribution is 4.57. The molecule has 0 amide bonds. The minimum atomic E-state index is -0.836. The molecule has 134 valence electrons. The van der Waals surface area contributed by atoms with Crippen LogP contribution in [-0.2, 0) is 14.2 Å². The van der Waals surface area contributed by atoms with Gasteiger partial charge in [-0.1, -0.05) is 84.0 Å². The monoisotopic (exact) mass is 316 g/mol. The fraction of sp³-hybridized carbons (Fsp3) is 1.00. The molecular formula is C19H40O3. The highest BCUT2D eigenvalue weighted by Gasteiger charge is 2.28. The highest BCUT2D eigenvalue weighted by Crippen LogP contribution is 2.21. The van der Waals surface area contributed by atoms with Crippen LogP contribution in [0.2, 0.25) is 0 Å². The van der Waals surface area contributed by atoms with E-state index in [-0.39, 0.29) is 0 Å². The first-order valence-corrected chi connectivity index (χ1v) is 9.40. The lowest BCUT2D eigenvalue weighted by Gasteiger charge is -2.28. The standard InChI is InChI=1S/C19H40O3/c1-5-6-7-8-9-10-11-12-13-14-15-16-17-18-19(20-2,21-3)22-4/h5-18H2,1-4H3. The highest BCUT2D eigenvalue weighted by atomic mass is 16.9. The van der Waals surface area contributed by atoms with Crippen LogP contribution >= 0.6 is 0 Å². The van der Waals surface area contributed by atoms with Gasteiger partial charge in [-0.2, -0.15) is 0 Å². The van der Waals surface area contributed by atoms with Gasteiger partial charge in [0, 0.05) is 27.8 Å². The number of methoxy groups -OCH3 is 3. The molecule has 0 aliphatic rings. The Morgan fingerprint density at radius 1 is 0.500 bits per heavy atom. The molecule has 0 unspecified atom stereocenters. The van der Waals surface area contributed by atoms with Crippen molar-refractivity contribution in [1.29, 1.82) is 0 Å². The van der Waals surface area contributed by atoms with Gasteiger partial charge in [-0.05, 0) is 6.42 Å². The summed E-state index contributed by atoms with van der Waals surface area (Å²) in [6.07, 6.45) is 18.5. The summed E-state index contributed by atoms with van der Waals surface area (Å²) < 4.78 is 15.9. The minimum Gasteiger partial charge on any atom is -0.331 e. The van der Waals surface area contributed by atoms with Crippen LogP contribution in [0.15, 0.2) is 0 Å². The Morgan fingerprint density at radius 2 is 0.818 bits per heavy atom. The summed E-state index contributed by atoms with van der Waals surface area (Å²) in [7, 11) is 4.90. The summed E-state index contributed by atoms with van der Waals surface area (Å²) in [5.41, 5.74) is 0. The van der Waals surface area contributed by atoms with Crippen LogP contribution in [0, 0.1) is 0 Å². The maximum atomic E-state index is 5.30. The van der Waals surface area contributed by atoms with E-state index in [0.717, 1.165) is 12.8 Å². The third kappa shape index (κ3) is 11.4. The summed E-state index contributed by atoms with van der Waals surface area (Å²) in [5, 5.41) is 0. The van der Waals surface area contributed by atoms with E-state index in [0.29, 0.717) is 0 Å². The molecule has 0 atom stereocenters. The Bertz CT molecular complexity index is 206. The van der Waals surface area contributed by atoms with Gasteiger partial charge in [0.25, 0.3) is 5.97 Å². The summed E-state index contributed by atoms with van der Waals surface area (Å²) in [5.74, 6) is -0.836. The normalized spacial score (nSPS) is 12.0. The Balaban J connectivity index is 3.27. The van der Waals surface area contributed by atoms with Gasteiger partial charge in [-0.3, -0.25) is 0 Å². The Hall–Kier alpha value is -0.120. The number of unbranched alkanes of at least 4 members (excludes halogenated alkanes) is 12. The van der Waals surface area contributed by atoms with Crippen molar-refractivity contribution in [2.75, 3.05) is 21.3 Å². The van der Waals surface area contributed by atoms with Crippen LogP contribution in [0.25, 0.3) is 0 Å². The van der Waals surface area contributed by atoms with Crippen molar-refractivity contribution in [3.63, 3.8) is 0 Å². The second kappa shape index (κ2) is 15.8. The molecule has 0 aromatic carbocycles. The van der Waals surface area contributed by atoms with Crippen LogP contribution < -0.4 is 0 Å². The zero-order chi connectivity index (χ0) is 16.5. The van der Waals surface area contributed by atoms with E-state index in [9.17, 15) is 0 Å². The first-order valence-electron chi connectivity index (χ1n) is 9.40. The second-order valence-corrected chi connectivity index (χ2v) is 6.29. The van der Waals surface area contributed by atoms with Crippen molar-refractivity contribution in [3.05, 3.63) is 0 Å². The van der Waals surface area contributed by atoms with Crippen molar-refractivity contribution in [2.24, 2.45) is 0 Å². The van der Waals surface area contributed by atoms with Crippen molar-refractivity contribution < 1.29 is 14.2 Å². The van der Waals surface area contributed by atoms with Gasteiger partial charge in [-0.25, -0.2) is 0 Å². The van der Waals surface area contributed by atoms with Gasteiger partial charge in [0.15, 0.2) is 0 Å². The van der Waals surface area contributed by atoms with E-state index in [1.165, 1.54) is 77.0 Å². The van der Waals surface area contributed by atoms with Gasteiger partial charge in [-0.15, -0.1) is 0 Å². The van der Waals surface area contributed by atoms with Gasteiger partial charge in [0.05, 0.1) is 0 Å². The zero-order valence-corrected chi connectivity index (χ0v) is 15.6. The first-order chi connectivity index (χ1) is 10.7. The summed E-state index contributed by atoms with van der Waals surface area (Å²) in [4.78, 5) is 0. The van der Waals surface area contributed by atoms with Gasteiger partial charge in [0.1, 0.15) is 0 Å². The fourth-order valence-corrected chi connectivity index (χ4v) is 2.92. The van der Waals surface area contributed by atoms with Crippen LogP contribution in [-0.4, -0.2) is 27.3 Å². The Kier molecular flexibility index (Phi) is 15.7. The molecule has 0 bridgehead atoms. The molecule has 0 N–H and O–H groups in total. The zero-order valence-electron chi connectivity index (χ0n) is 15.6. The molecule has 22 heavy (non-hydrogen) atoms. The van der Waals surface area contributed by atoms with Crippen molar-refractivity contribution in [3.8, 4) is 0 Å². The third-order valence-electron chi connectivity index (χ3n) is 4.52. The van der Waals surface area contributed by atoms with Crippen LogP contribution in [0.4, 0.5) is 0 Å². The maximum Gasteiger partial charge on any atom is 0.282 e. The van der Waals surface area contributed by atoms with Crippen molar-refractivity contribution in [2.45, 2.75) is 103 Å². The maximum absolute atomic E-state index is 5.30. The summed E-state index contributed by atoms with van der Waals surface area (Å²) in [6, 6.07) is 0. The third-order valence-corrected chi connectivity index (χ3v) is 4.52. The molecule has 0 aromatic heterocycles. The van der Waals surface area contributed by atoms with E-state index in [1.54, 1.807) is 21.3 Å². The predicted molar refractivity (Wildman–Crippen MR) is 94.1 cm³/mol. The van der Waals surface area contributed by atoms with Gasteiger partial charge in [0.2, 0.25) is 0 Å². The lowest BCUT2D eigenvalue weighted by molar-refractivity contribution is -0.355. The van der Waals surface area contributed by atoms with Crippen LogP contribution in [0.5, 0.6) is 0 Å². The minimum absolute atomic E-state index is 0.800. The molecule has 0 spiro atoms. The number of ether oxygens (including phenoxy) is 3. The summed E-state index contributed by atoms with van der Waals surface area (Å²) >= 11 is 0. The summed E-state index contributed by atoms with van der Waals surface area (Å²) in [6.45, 7) is 2.28. The number of hydrogen-bond acceptors (Lipinski definition) is 3. The number of rotatable bonds is 17. The smallest absolute Gasteiger partial charge is 0.282 e. The van der Waals surface area contributed by atoms with Crippen molar-refractivity contribution in [1.82, 2.24) is 0 Å². The molecule has 0 fully saturated rings. The number of hydrogen-bond donors (Lipinski definition) is 0. The molecule has 0 aliphatic carbocycles. The predicted octanol–water partition coefficient (Wildman–Crippen LogP) is 6.06. The van der Waals surface area contributed by atoms with E-state index in [4.69, 9.17) is 14.2 Å². The second-order valence-electron chi connectivity index (χ2n) is 6.29. The molecule has 0 rings (SSSR count). The molecule has 0 radical (unpaired) electrons. The molecule has 3 nitrogen and oxygen atoms in total. The Morgan fingerprint density at radius 3 is 1.14 bits per heavy atom. The van der Waals surface area contributed by atoms with E-state index in [1.807, 2.05) is 0 Å². The molecular weight excluding hydrogens is 276 g/mol. The molecule has 3 heteroatoms. The molecule has 0 saturated carbocycles. The Labute approximate surface area is 139 Å². The van der Waals surface area contributed by atoms with Gasteiger partial charge >= 0.3 is 0 Å². The largest absolute Gasteiger partial charge is 0.331 e. The molecule has 0 heterocycles. The molecule has 0 aliphatic heterocycles. The SMILES string of the molecule is CCCCCCCCCCCCCCCC(OC)(OC)OC. The lowest BCUT2D eigenvalue weighted by atomic mass is 10.0. The van der Waals surface area contributed by atoms with E-state index < -0.39 is 5.97 Å². The lowest BCUT2D eigenvalue weighted by Crippen LogP contribution is -2.35.